The summed E-state index contributed by atoms with van der Waals surface area (Å²) in [5.41, 5.74) is 1.53. The molecule has 2 rings (SSSR count). The fourth-order valence-corrected chi connectivity index (χ4v) is 2.96. The van der Waals surface area contributed by atoms with Gasteiger partial charge in [-0.2, -0.15) is 0 Å². The Labute approximate surface area is 172 Å². The van der Waals surface area contributed by atoms with Crippen molar-refractivity contribution in [3.8, 4) is 11.5 Å². The minimum absolute atomic E-state index is 0.0708. The van der Waals surface area contributed by atoms with E-state index in [9.17, 15) is 9.59 Å². The molecule has 29 heavy (non-hydrogen) atoms. The van der Waals surface area contributed by atoms with Crippen LogP contribution in [0.5, 0.6) is 11.5 Å². The molecular weight excluding hydrogens is 368 g/mol. The highest BCUT2D eigenvalue weighted by Gasteiger charge is 2.25. The van der Waals surface area contributed by atoms with Gasteiger partial charge in [-0.1, -0.05) is 51.1 Å². The number of hydrogen-bond acceptors (Lipinski definition) is 4. The molecule has 0 aromatic heterocycles. The van der Waals surface area contributed by atoms with Crippen molar-refractivity contribution in [2.75, 3.05) is 20.8 Å². The van der Waals surface area contributed by atoms with Crippen LogP contribution in [-0.4, -0.2) is 38.6 Å². The number of carbonyl (C=O) groups is 2. The van der Waals surface area contributed by atoms with Crippen LogP contribution in [0.1, 0.15) is 42.6 Å². The molecule has 2 aromatic carbocycles. The summed E-state index contributed by atoms with van der Waals surface area (Å²) in [6, 6.07) is 14.3. The molecule has 2 amide bonds. The first-order valence-corrected chi connectivity index (χ1v) is 9.72. The maximum Gasteiger partial charge on any atom is 0.252 e. The van der Waals surface area contributed by atoms with Crippen LogP contribution in [-0.2, 0) is 4.79 Å². The number of hydrogen-bond donors (Lipinski definition) is 2. The van der Waals surface area contributed by atoms with Crippen molar-refractivity contribution in [2.45, 2.75) is 32.7 Å². The van der Waals surface area contributed by atoms with Gasteiger partial charge in [-0.05, 0) is 29.5 Å². The van der Waals surface area contributed by atoms with Gasteiger partial charge >= 0.3 is 0 Å². The van der Waals surface area contributed by atoms with E-state index in [1.807, 2.05) is 44.2 Å². The maximum absolute atomic E-state index is 12.8. The van der Waals surface area contributed by atoms with Crippen LogP contribution in [0.15, 0.2) is 48.5 Å². The lowest BCUT2D eigenvalue weighted by Gasteiger charge is -2.23. The second kappa shape index (κ2) is 10.5. The molecule has 156 valence electrons. The molecule has 0 aliphatic heterocycles. The summed E-state index contributed by atoms with van der Waals surface area (Å²) < 4.78 is 10.4. The molecule has 0 spiro atoms. The predicted octanol–water partition coefficient (Wildman–Crippen LogP) is 3.38. The van der Waals surface area contributed by atoms with Gasteiger partial charge in [0, 0.05) is 18.2 Å². The second-order valence-corrected chi connectivity index (χ2v) is 7.35. The van der Waals surface area contributed by atoms with Crippen LogP contribution in [0, 0.1) is 5.92 Å². The molecule has 2 aromatic rings. The van der Waals surface area contributed by atoms with Gasteiger partial charge < -0.3 is 20.1 Å². The highest BCUT2D eigenvalue weighted by atomic mass is 16.5. The summed E-state index contributed by atoms with van der Waals surface area (Å²) in [4.78, 5) is 25.5. The zero-order valence-electron chi connectivity index (χ0n) is 17.7. The largest absolute Gasteiger partial charge is 0.497 e. The number of benzene rings is 2. The molecule has 0 heterocycles. The monoisotopic (exact) mass is 398 g/mol. The van der Waals surface area contributed by atoms with Gasteiger partial charge in [-0.15, -0.1) is 0 Å². The fraction of sp³-hybridized carbons (Fsp3) is 0.391. The summed E-state index contributed by atoms with van der Waals surface area (Å²) in [5, 5.41) is 5.80. The van der Waals surface area contributed by atoms with Gasteiger partial charge in [-0.3, -0.25) is 9.59 Å². The lowest BCUT2D eigenvalue weighted by molar-refractivity contribution is -0.124. The van der Waals surface area contributed by atoms with Gasteiger partial charge in [0.25, 0.3) is 5.91 Å². The van der Waals surface area contributed by atoms with Crippen molar-refractivity contribution in [1.82, 2.24) is 10.6 Å². The summed E-state index contributed by atoms with van der Waals surface area (Å²) >= 11 is 0. The Morgan fingerprint density at radius 3 is 2.03 bits per heavy atom. The van der Waals surface area contributed by atoms with Gasteiger partial charge in [0.2, 0.25) is 5.91 Å². The van der Waals surface area contributed by atoms with E-state index in [0.717, 1.165) is 5.56 Å². The Bertz CT molecular complexity index is 799. The van der Waals surface area contributed by atoms with Crippen LogP contribution in [0.2, 0.25) is 0 Å². The lowest BCUT2D eigenvalue weighted by Crippen LogP contribution is -2.50. The van der Waals surface area contributed by atoms with E-state index in [4.69, 9.17) is 9.47 Å². The Hall–Kier alpha value is -3.02. The Kier molecular flexibility index (Phi) is 8.07. The van der Waals surface area contributed by atoms with Gasteiger partial charge in [0.15, 0.2) is 0 Å². The molecule has 0 aliphatic carbocycles. The van der Waals surface area contributed by atoms with Crippen LogP contribution in [0.25, 0.3) is 0 Å². The average Bonchev–Trinajstić information content (AvgIpc) is 2.75. The van der Waals surface area contributed by atoms with Crippen molar-refractivity contribution < 1.29 is 19.1 Å². The standard InChI is InChI=1S/C23H30N2O4/c1-15(2)21(23(27)24-14-16(3)17-9-7-6-8-10-17)25-22(26)18-11-19(28-4)13-20(12-18)29-5/h6-13,15-16,21H,14H2,1-5H3,(H,24,27)(H,25,26). The third-order valence-corrected chi connectivity index (χ3v) is 4.80. The molecule has 6 nitrogen and oxygen atoms in total. The van der Waals surface area contributed by atoms with Crippen LogP contribution >= 0.6 is 0 Å². The van der Waals surface area contributed by atoms with Gasteiger partial charge in [-0.25, -0.2) is 0 Å². The quantitative estimate of drug-likeness (QED) is 0.679. The molecule has 0 bridgehead atoms. The summed E-state index contributed by atoms with van der Waals surface area (Å²) in [6.45, 7) is 6.35. The number of carbonyl (C=O) groups excluding carboxylic acids is 2. The molecule has 2 N–H and O–H groups in total. The lowest BCUT2D eigenvalue weighted by atomic mass is 10.00. The van der Waals surface area contributed by atoms with E-state index in [-0.39, 0.29) is 23.7 Å². The van der Waals surface area contributed by atoms with Crippen molar-refractivity contribution >= 4 is 11.8 Å². The molecule has 0 saturated carbocycles. The SMILES string of the molecule is COc1cc(OC)cc(C(=O)NC(C(=O)NCC(C)c2ccccc2)C(C)C)c1. The van der Waals surface area contributed by atoms with Crippen molar-refractivity contribution in [3.63, 3.8) is 0 Å². The van der Waals surface area contributed by atoms with Crippen molar-refractivity contribution in [1.29, 1.82) is 0 Å². The first-order valence-electron chi connectivity index (χ1n) is 9.72. The summed E-state index contributed by atoms with van der Waals surface area (Å²) in [6.07, 6.45) is 0. The topological polar surface area (TPSA) is 76.7 Å². The molecule has 0 saturated heterocycles. The van der Waals surface area contributed by atoms with E-state index in [1.165, 1.54) is 14.2 Å². The molecule has 0 aliphatic rings. The van der Waals surface area contributed by atoms with Crippen molar-refractivity contribution in [2.24, 2.45) is 5.92 Å². The molecule has 2 atom stereocenters. The highest BCUT2D eigenvalue weighted by Crippen LogP contribution is 2.22. The zero-order chi connectivity index (χ0) is 21.4. The Morgan fingerprint density at radius 2 is 1.52 bits per heavy atom. The number of methoxy groups -OCH3 is 2. The van der Waals surface area contributed by atoms with Crippen LogP contribution < -0.4 is 20.1 Å². The van der Waals surface area contributed by atoms with E-state index in [1.54, 1.807) is 18.2 Å². The van der Waals surface area contributed by atoms with Crippen LogP contribution in [0.3, 0.4) is 0 Å². The molecule has 6 heteroatoms. The predicted molar refractivity (Wildman–Crippen MR) is 114 cm³/mol. The number of amides is 2. The minimum atomic E-state index is -0.650. The third-order valence-electron chi connectivity index (χ3n) is 4.80. The normalized spacial score (nSPS) is 12.8. The van der Waals surface area contributed by atoms with Crippen molar-refractivity contribution in [3.05, 3.63) is 59.7 Å². The smallest absolute Gasteiger partial charge is 0.252 e. The molecular formula is C23H30N2O4. The van der Waals surface area contributed by atoms with Crippen LogP contribution in [0.4, 0.5) is 0 Å². The molecule has 0 radical (unpaired) electrons. The number of ether oxygens (including phenoxy) is 2. The number of nitrogens with one attached hydrogen (secondary N) is 2. The molecule has 2 unspecified atom stereocenters. The zero-order valence-corrected chi connectivity index (χ0v) is 17.7. The summed E-state index contributed by atoms with van der Waals surface area (Å²) in [5.74, 6) is 0.566. The van der Waals surface area contributed by atoms with E-state index >= 15 is 0 Å². The first-order chi connectivity index (χ1) is 13.8. The minimum Gasteiger partial charge on any atom is -0.497 e. The average molecular weight is 399 g/mol. The summed E-state index contributed by atoms with van der Waals surface area (Å²) in [7, 11) is 3.05. The van der Waals surface area contributed by atoms with Gasteiger partial charge in [0.1, 0.15) is 17.5 Å². The Balaban J connectivity index is 2.05. The Morgan fingerprint density at radius 1 is 0.931 bits per heavy atom. The third kappa shape index (κ3) is 6.24. The van der Waals surface area contributed by atoms with E-state index in [2.05, 4.69) is 17.6 Å². The second-order valence-electron chi connectivity index (χ2n) is 7.35. The van der Waals surface area contributed by atoms with E-state index in [0.29, 0.717) is 23.6 Å². The maximum atomic E-state index is 12.8. The highest BCUT2D eigenvalue weighted by molar-refractivity contribution is 5.98. The van der Waals surface area contributed by atoms with E-state index < -0.39 is 6.04 Å². The first kappa shape index (κ1) is 22.3. The molecule has 0 fully saturated rings. The van der Waals surface area contributed by atoms with Gasteiger partial charge in [0.05, 0.1) is 14.2 Å². The fourth-order valence-electron chi connectivity index (χ4n) is 2.96. The number of rotatable bonds is 9.